The molecule has 1 heterocycles. The number of aliphatic carboxylic acids is 1. The summed E-state index contributed by atoms with van der Waals surface area (Å²) in [6.07, 6.45) is -0.0256. The number of carbonyl (C=O) groups is 2. The first-order valence-electron chi connectivity index (χ1n) is 5.58. The highest BCUT2D eigenvalue weighted by Crippen LogP contribution is 2.16. The molecule has 0 fully saturated rings. The molecule has 0 bridgehead atoms. The lowest BCUT2D eigenvalue weighted by atomic mass is 10.1. The number of benzene rings is 1. The zero-order valence-corrected chi connectivity index (χ0v) is 11.0. The van der Waals surface area contributed by atoms with Gasteiger partial charge >= 0.3 is 5.97 Å². The van der Waals surface area contributed by atoms with Gasteiger partial charge in [0.2, 0.25) is 0 Å². The topological polar surface area (TPSA) is 79.3 Å². The molecule has 5 nitrogen and oxygen atoms in total. The predicted molar refractivity (Wildman–Crippen MR) is 72.6 cm³/mol. The average Bonchev–Trinajstić information content (AvgIpc) is 2.77. The van der Waals surface area contributed by atoms with Crippen LogP contribution in [0.2, 0.25) is 0 Å². The van der Waals surface area contributed by atoms with Crippen molar-refractivity contribution in [3.63, 3.8) is 0 Å². The molecule has 0 aliphatic carbocycles. The van der Waals surface area contributed by atoms with Crippen molar-refractivity contribution in [2.75, 3.05) is 5.32 Å². The fourth-order valence-corrected chi connectivity index (χ4v) is 2.29. The second kappa shape index (κ2) is 5.62. The first kappa shape index (κ1) is 13.2. The van der Waals surface area contributed by atoms with Gasteiger partial charge < -0.3 is 10.4 Å². The summed E-state index contributed by atoms with van der Waals surface area (Å²) in [5, 5.41) is 11.4. The number of carbonyl (C=O) groups excluding carboxylic acids is 1. The highest BCUT2D eigenvalue weighted by atomic mass is 32.1. The Kier molecular flexibility index (Phi) is 3.91. The van der Waals surface area contributed by atoms with Crippen molar-refractivity contribution in [3.05, 3.63) is 45.9 Å². The Morgan fingerprint density at radius 1 is 1.32 bits per heavy atom. The third kappa shape index (κ3) is 3.38. The number of rotatable bonds is 4. The zero-order valence-electron chi connectivity index (χ0n) is 10.2. The Labute approximate surface area is 113 Å². The maximum atomic E-state index is 11.9. The molecule has 0 radical (unpaired) electrons. The summed E-state index contributed by atoms with van der Waals surface area (Å²) in [6, 6.07) is 6.74. The average molecular weight is 276 g/mol. The first-order chi connectivity index (χ1) is 9.06. The van der Waals surface area contributed by atoms with Crippen LogP contribution in [0.1, 0.15) is 20.9 Å². The van der Waals surface area contributed by atoms with E-state index in [1.807, 2.05) is 0 Å². The molecular weight excluding hydrogens is 264 g/mol. The van der Waals surface area contributed by atoms with E-state index in [2.05, 4.69) is 10.3 Å². The van der Waals surface area contributed by atoms with Crippen molar-refractivity contribution in [3.8, 4) is 0 Å². The van der Waals surface area contributed by atoms with Crippen LogP contribution >= 0.6 is 11.3 Å². The van der Waals surface area contributed by atoms with Gasteiger partial charge in [0.15, 0.2) is 0 Å². The Bertz CT molecular complexity index is 605. The van der Waals surface area contributed by atoms with Crippen LogP contribution in [0.25, 0.3) is 0 Å². The van der Waals surface area contributed by atoms with Gasteiger partial charge in [-0.2, -0.15) is 0 Å². The minimum absolute atomic E-state index is 0.0256. The molecule has 19 heavy (non-hydrogen) atoms. The third-order valence-corrected chi connectivity index (χ3v) is 3.45. The number of hydrogen-bond acceptors (Lipinski definition) is 4. The second-order valence-corrected chi connectivity index (χ2v) is 4.84. The van der Waals surface area contributed by atoms with Crippen molar-refractivity contribution in [1.82, 2.24) is 4.98 Å². The zero-order chi connectivity index (χ0) is 13.8. The lowest BCUT2D eigenvalue weighted by Crippen LogP contribution is -2.11. The number of nitrogens with one attached hydrogen (secondary N) is 1. The Morgan fingerprint density at radius 3 is 2.53 bits per heavy atom. The number of amides is 1. The maximum absolute atomic E-state index is 11.9. The van der Waals surface area contributed by atoms with Crippen LogP contribution in [-0.4, -0.2) is 22.0 Å². The summed E-state index contributed by atoms with van der Waals surface area (Å²) < 4.78 is 0. The Morgan fingerprint density at radius 2 is 2.00 bits per heavy atom. The van der Waals surface area contributed by atoms with Gasteiger partial charge in [0.1, 0.15) is 4.88 Å². The van der Waals surface area contributed by atoms with E-state index < -0.39 is 5.97 Å². The van der Waals surface area contributed by atoms with Crippen molar-refractivity contribution in [1.29, 1.82) is 0 Å². The van der Waals surface area contributed by atoms with E-state index >= 15 is 0 Å². The quantitative estimate of drug-likeness (QED) is 0.898. The molecule has 1 aromatic carbocycles. The Hall–Kier alpha value is -2.21. The largest absolute Gasteiger partial charge is 0.481 e. The van der Waals surface area contributed by atoms with Gasteiger partial charge in [-0.1, -0.05) is 12.1 Å². The molecule has 0 unspecified atom stereocenters. The van der Waals surface area contributed by atoms with Gasteiger partial charge in [-0.3, -0.25) is 9.59 Å². The molecule has 1 aromatic heterocycles. The van der Waals surface area contributed by atoms with E-state index in [-0.39, 0.29) is 12.3 Å². The van der Waals surface area contributed by atoms with Crippen molar-refractivity contribution < 1.29 is 14.7 Å². The van der Waals surface area contributed by atoms with Crippen LogP contribution in [0.3, 0.4) is 0 Å². The SMILES string of the molecule is Cc1ncsc1C(=O)Nc1ccc(CC(=O)O)cc1. The van der Waals surface area contributed by atoms with E-state index in [1.165, 1.54) is 11.3 Å². The summed E-state index contributed by atoms with van der Waals surface area (Å²) in [7, 11) is 0. The van der Waals surface area contributed by atoms with Gasteiger partial charge in [0, 0.05) is 5.69 Å². The maximum Gasteiger partial charge on any atom is 0.307 e. The highest BCUT2D eigenvalue weighted by molar-refractivity contribution is 7.12. The van der Waals surface area contributed by atoms with Crippen LogP contribution in [0, 0.1) is 6.92 Å². The number of anilines is 1. The van der Waals surface area contributed by atoms with E-state index in [4.69, 9.17) is 5.11 Å². The van der Waals surface area contributed by atoms with Crippen LogP contribution in [0.4, 0.5) is 5.69 Å². The number of aryl methyl sites for hydroxylation is 1. The lowest BCUT2D eigenvalue weighted by Gasteiger charge is -2.05. The molecule has 0 aliphatic rings. The fourth-order valence-electron chi connectivity index (χ4n) is 1.59. The highest BCUT2D eigenvalue weighted by Gasteiger charge is 2.11. The molecule has 2 rings (SSSR count). The van der Waals surface area contributed by atoms with Crippen LogP contribution < -0.4 is 5.32 Å². The minimum Gasteiger partial charge on any atom is -0.481 e. The van der Waals surface area contributed by atoms with Crippen molar-refractivity contribution in [2.24, 2.45) is 0 Å². The third-order valence-electron chi connectivity index (χ3n) is 2.52. The van der Waals surface area contributed by atoms with Crippen molar-refractivity contribution in [2.45, 2.75) is 13.3 Å². The fraction of sp³-hybridized carbons (Fsp3) is 0.154. The molecule has 0 atom stereocenters. The van der Waals surface area contributed by atoms with Gasteiger partial charge in [-0.15, -0.1) is 11.3 Å². The standard InChI is InChI=1S/C13H12N2O3S/c1-8-12(19-7-14-8)13(18)15-10-4-2-9(3-5-10)6-11(16)17/h2-5,7H,6H2,1H3,(H,15,18)(H,16,17). The predicted octanol–water partition coefficient (Wildman–Crippen LogP) is 2.33. The van der Waals surface area contributed by atoms with Crippen molar-refractivity contribution >= 4 is 28.9 Å². The van der Waals surface area contributed by atoms with Gasteiger partial charge in [-0.05, 0) is 24.6 Å². The summed E-state index contributed by atoms with van der Waals surface area (Å²) in [5.41, 5.74) is 3.65. The summed E-state index contributed by atoms with van der Waals surface area (Å²) >= 11 is 1.29. The van der Waals surface area contributed by atoms with Crippen LogP contribution in [0.15, 0.2) is 29.8 Å². The van der Waals surface area contributed by atoms with E-state index in [0.29, 0.717) is 21.8 Å². The van der Waals surface area contributed by atoms with Gasteiger partial charge in [-0.25, -0.2) is 4.98 Å². The number of thiazole rings is 1. The molecule has 0 spiro atoms. The molecule has 0 saturated heterocycles. The Balaban J connectivity index is 2.06. The second-order valence-electron chi connectivity index (χ2n) is 3.99. The number of carboxylic acids is 1. The van der Waals surface area contributed by atoms with Crippen LogP contribution in [-0.2, 0) is 11.2 Å². The summed E-state index contributed by atoms with van der Waals surface area (Å²) in [4.78, 5) is 27.1. The summed E-state index contributed by atoms with van der Waals surface area (Å²) in [5.74, 6) is -1.08. The van der Waals surface area contributed by atoms with E-state index in [0.717, 1.165) is 0 Å². The minimum atomic E-state index is -0.878. The molecule has 2 N–H and O–H groups in total. The molecular formula is C13H12N2O3S. The number of aromatic nitrogens is 1. The molecule has 0 saturated carbocycles. The molecule has 0 aliphatic heterocycles. The number of nitrogens with zero attached hydrogens (tertiary/aromatic N) is 1. The van der Waals surface area contributed by atoms with Crippen LogP contribution in [0.5, 0.6) is 0 Å². The van der Waals surface area contributed by atoms with E-state index in [1.54, 1.807) is 36.7 Å². The van der Waals surface area contributed by atoms with Gasteiger partial charge in [0.05, 0.1) is 17.6 Å². The monoisotopic (exact) mass is 276 g/mol. The lowest BCUT2D eigenvalue weighted by molar-refractivity contribution is -0.136. The number of carboxylic acid groups (broad SMARTS) is 1. The summed E-state index contributed by atoms with van der Waals surface area (Å²) in [6.45, 7) is 1.78. The molecule has 98 valence electrons. The smallest absolute Gasteiger partial charge is 0.307 e. The van der Waals surface area contributed by atoms with Gasteiger partial charge in [0.25, 0.3) is 5.91 Å². The molecule has 6 heteroatoms. The molecule has 1 amide bonds. The number of hydrogen-bond donors (Lipinski definition) is 2. The van der Waals surface area contributed by atoms with E-state index in [9.17, 15) is 9.59 Å². The normalized spacial score (nSPS) is 10.2. The molecule has 2 aromatic rings. The first-order valence-corrected chi connectivity index (χ1v) is 6.46.